The molecule has 0 bridgehead atoms. The Morgan fingerprint density at radius 1 is 1.25 bits per heavy atom. The van der Waals surface area contributed by atoms with E-state index in [4.69, 9.17) is 0 Å². The molecule has 0 aromatic heterocycles. The van der Waals surface area contributed by atoms with Crippen LogP contribution in [0.15, 0.2) is 30.8 Å². The lowest BCUT2D eigenvalue weighted by molar-refractivity contribution is -0.147. The monoisotopic (exact) mass is 328 g/mol. The van der Waals surface area contributed by atoms with Crippen molar-refractivity contribution in [2.24, 2.45) is 5.92 Å². The summed E-state index contributed by atoms with van der Waals surface area (Å²) in [5, 5.41) is 9.19. The fourth-order valence-corrected chi connectivity index (χ4v) is 3.38. The number of amides is 2. The summed E-state index contributed by atoms with van der Waals surface area (Å²) >= 11 is 0. The molecule has 2 aliphatic heterocycles. The van der Waals surface area contributed by atoms with Gasteiger partial charge in [0.15, 0.2) is 0 Å². The summed E-state index contributed by atoms with van der Waals surface area (Å²) in [7, 11) is 0. The number of carboxylic acid groups (broad SMARTS) is 1. The predicted octanol–water partition coefficient (Wildman–Crippen LogP) is 1.82. The average Bonchev–Trinajstić information content (AvgIpc) is 2.80. The molecule has 0 saturated carbocycles. The molecule has 1 fully saturated rings. The van der Waals surface area contributed by atoms with Crippen LogP contribution in [0.4, 0.5) is 0 Å². The number of nitrogens with zero attached hydrogens (tertiary/aromatic N) is 2. The van der Waals surface area contributed by atoms with Crippen LogP contribution in [0.5, 0.6) is 0 Å². The minimum absolute atomic E-state index is 0.0264. The van der Waals surface area contributed by atoms with Crippen LogP contribution >= 0.6 is 0 Å². The van der Waals surface area contributed by atoms with E-state index in [1.165, 1.54) is 4.90 Å². The largest absolute Gasteiger partial charge is 0.481 e. The molecule has 2 aliphatic rings. The second-order valence-corrected chi connectivity index (χ2v) is 6.39. The number of fused-ring (bicyclic) bond motifs is 1. The van der Waals surface area contributed by atoms with Gasteiger partial charge in [0.1, 0.15) is 6.54 Å². The molecule has 1 aromatic rings. The van der Waals surface area contributed by atoms with E-state index in [9.17, 15) is 19.5 Å². The van der Waals surface area contributed by atoms with Gasteiger partial charge in [-0.3, -0.25) is 19.3 Å². The molecule has 2 atom stereocenters. The number of carboxylic acids is 1. The van der Waals surface area contributed by atoms with Crippen molar-refractivity contribution < 1.29 is 19.5 Å². The maximum absolute atomic E-state index is 12.7. The van der Waals surface area contributed by atoms with Crippen LogP contribution in [0.1, 0.15) is 35.7 Å². The van der Waals surface area contributed by atoms with Crippen LogP contribution < -0.4 is 0 Å². The number of likely N-dealkylation sites (tertiary alicyclic amines) is 1. The third kappa shape index (κ3) is 2.68. The molecular weight excluding hydrogens is 308 g/mol. The first-order valence-electron chi connectivity index (χ1n) is 8.02. The topological polar surface area (TPSA) is 77.9 Å². The van der Waals surface area contributed by atoms with Crippen molar-refractivity contribution in [3.05, 3.63) is 42.0 Å². The van der Waals surface area contributed by atoms with Crippen molar-refractivity contribution >= 4 is 23.5 Å². The first kappa shape index (κ1) is 16.2. The highest BCUT2D eigenvalue weighted by atomic mass is 16.4. The lowest BCUT2D eigenvalue weighted by atomic mass is 9.93. The number of aliphatic carboxylic acids is 1. The first-order valence-corrected chi connectivity index (χ1v) is 8.02. The van der Waals surface area contributed by atoms with Gasteiger partial charge in [-0.15, -0.1) is 0 Å². The molecule has 6 heteroatoms. The minimum atomic E-state index is -0.881. The molecular formula is C18H20N2O4. The summed E-state index contributed by atoms with van der Waals surface area (Å²) in [4.78, 5) is 39.3. The Balaban J connectivity index is 1.74. The Morgan fingerprint density at radius 2 is 1.92 bits per heavy atom. The van der Waals surface area contributed by atoms with E-state index in [2.05, 4.69) is 6.58 Å². The van der Waals surface area contributed by atoms with E-state index in [0.717, 1.165) is 5.56 Å². The van der Waals surface area contributed by atoms with Gasteiger partial charge in [0, 0.05) is 29.4 Å². The van der Waals surface area contributed by atoms with Gasteiger partial charge in [0.25, 0.3) is 5.91 Å². The molecule has 1 saturated heterocycles. The van der Waals surface area contributed by atoms with E-state index in [0.29, 0.717) is 24.1 Å². The van der Waals surface area contributed by atoms with Crippen LogP contribution in [0, 0.1) is 5.92 Å². The van der Waals surface area contributed by atoms with Gasteiger partial charge in [-0.25, -0.2) is 0 Å². The molecule has 1 aromatic carbocycles. The van der Waals surface area contributed by atoms with Gasteiger partial charge >= 0.3 is 5.97 Å². The Morgan fingerprint density at radius 3 is 2.54 bits per heavy atom. The van der Waals surface area contributed by atoms with Crippen molar-refractivity contribution in [1.82, 2.24) is 9.80 Å². The number of hydrogen-bond acceptors (Lipinski definition) is 3. The lowest BCUT2D eigenvalue weighted by Gasteiger charge is -2.37. The number of hydrogen-bond donors (Lipinski definition) is 1. The van der Waals surface area contributed by atoms with Crippen LogP contribution in [-0.4, -0.2) is 51.8 Å². The minimum Gasteiger partial charge on any atom is -0.481 e. The van der Waals surface area contributed by atoms with E-state index < -0.39 is 11.9 Å². The lowest BCUT2D eigenvalue weighted by Crippen LogP contribution is -2.50. The van der Waals surface area contributed by atoms with Crippen molar-refractivity contribution in [2.75, 3.05) is 13.1 Å². The van der Waals surface area contributed by atoms with Crippen LogP contribution in [-0.2, 0) is 9.59 Å². The van der Waals surface area contributed by atoms with Crippen molar-refractivity contribution in [3.63, 3.8) is 0 Å². The average molecular weight is 328 g/mol. The number of rotatable bonds is 3. The predicted molar refractivity (Wildman–Crippen MR) is 88.0 cm³/mol. The number of piperidine rings is 1. The number of carbonyl (C=O) groups is 3. The summed E-state index contributed by atoms with van der Waals surface area (Å²) in [6.07, 6.45) is 1.22. The second-order valence-electron chi connectivity index (χ2n) is 6.39. The van der Waals surface area contributed by atoms with Crippen LogP contribution in [0.2, 0.25) is 0 Å². The summed E-state index contributed by atoms with van der Waals surface area (Å²) < 4.78 is 0. The zero-order chi connectivity index (χ0) is 17.4. The Kier molecular flexibility index (Phi) is 4.13. The fraction of sp³-hybridized carbons (Fsp3) is 0.389. The highest BCUT2D eigenvalue weighted by molar-refractivity contribution is 6.10. The van der Waals surface area contributed by atoms with Crippen molar-refractivity contribution in [2.45, 2.75) is 25.8 Å². The van der Waals surface area contributed by atoms with Crippen LogP contribution in [0.3, 0.4) is 0 Å². The Labute approximate surface area is 140 Å². The van der Waals surface area contributed by atoms with E-state index in [1.54, 1.807) is 17.0 Å². The van der Waals surface area contributed by atoms with Crippen molar-refractivity contribution in [1.29, 1.82) is 0 Å². The molecule has 2 heterocycles. The van der Waals surface area contributed by atoms with Crippen LogP contribution in [0.25, 0.3) is 5.70 Å². The molecule has 0 aliphatic carbocycles. The summed E-state index contributed by atoms with van der Waals surface area (Å²) in [6.45, 7) is 5.92. The Hall–Kier alpha value is -2.63. The first-order chi connectivity index (χ1) is 11.4. The molecule has 3 rings (SSSR count). The van der Waals surface area contributed by atoms with Crippen molar-refractivity contribution in [3.8, 4) is 0 Å². The zero-order valence-electron chi connectivity index (χ0n) is 13.6. The highest BCUT2D eigenvalue weighted by Gasteiger charge is 2.36. The second kappa shape index (κ2) is 6.11. The van der Waals surface area contributed by atoms with Gasteiger partial charge in [-0.05, 0) is 25.8 Å². The third-order valence-electron chi connectivity index (χ3n) is 4.88. The number of carbonyl (C=O) groups excluding carboxylic acids is 2. The quantitative estimate of drug-likeness (QED) is 0.918. The summed E-state index contributed by atoms with van der Waals surface area (Å²) in [6, 6.07) is 7.11. The van der Waals surface area contributed by atoms with Gasteiger partial charge in [-0.2, -0.15) is 0 Å². The zero-order valence-corrected chi connectivity index (χ0v) is 13.6. The summed E-state index contributed by atoms with van der Waals surface area (Å²) in [5.74, 6) is -1.90. The van der Waals surface area contributed by atoms with Gasteiger partial charge < -0.3 is 10.0 Å². The maximum atomic E-state index is 12.7. The van der Waals surface area contributed by atoms with Gasteiger partial charge in [0.2, 0.25) is 5.91 Å². The molecule has 24 heavy (non-hydrogen) atoms. The van der Waals surface area contributed by atoms with Gasteiger partial charge in [0.05, 0.1) is 5.92 Å². The molecule has 2 unspecified atom stereocenters. The SMILES string of the molecule is C=C1c2ccccc2C(=O)N1CC(=O)N1CC(C(=O)O)CCC1C. The molecule has 1 N–H and O–H groups in total. The fourth-order valence-electron chi connectivity index (χ4n) is 3.38. The molecule has 2 amide bonds. The molecule has 0 radical (unpaired) electrons. The van der Waals surface area contributed by atoms with E-state index in [-0.39, 0.29) is 30.9 Å². The van der Waals surface area contributed by atoms with Gasteiger partial charge in [-0.1, -0.05) is 24.8 Å². The molecule has 126 valence electrons. The third-order valence-corrected chi connectivity index (χ3v) is 4.88. The molecule has 6 nitrogen and oxygen atoms in total. The summed E-state index contributed by atoms with van der Waals surface area (Å²) in [5.41, 5.74) is 1.80. The maximum Gasteiger partial charge on any atom is 0.308 e. The normalized spacial score (nSPS) is 23.4. The van der Waals surface area contributed by atoms with E-state index in [1.807, 2.05) is 19.1 Å². The highest BCUT2D eigenvalue weighted by Crippen LogP contribution is 2.31. The smallest absolute Gasteiger partial charge is 0.308 e. The molecule has 0 spiro atoms. The number of benzene rings is 1. The van der Waals surface area contributed by atoms with E-state index >= 15 is 0 Å². The standard InChI is InChI=1S/C18H20N2O4/c1-11-7-8-13(18(23)24)9-19(11)16(21)10-20-12(2)14-5-3-4-6-15(14)17(20)22/h3-6,11,13H,2,7-10H2,1H3,(H,23,24). The Bertz CT molecular complexity index is 692.